The number of ether oxygens (including phenoxy) is 2. The minimum atomic E-state index is -0.124. The first kappa shape index (κ1) is 23.8. The molecule has 0 atom stereocenters. The Morgan fingerprint density at radius 3 is 2.74 bits per heavy atom. The molecule has 2 heterocycles. The van der Waals surface area contributed by atoms with Gasteiger partial charge in [0.25, 0.3) is 0 Å². The van der Waals surface area contributed by atoms with Gasteiger partial charge in [-0.25, -0.2) is 4.98 Å². The van der Waals surface area contributed by atoms with E-state index >= 15 is 0 Å². The van der Waals surface area contributed by atoms with Gasteiger partial charge in [-0.3, -0.25) is 9.78 Å². The van der Waals surface area contributed by atoms with Gasteiger partial charge in [0, 0.05) is 30.5 Å². The van der Waals surface area contributed by atoms with Gasteiger partial charge >= 0.3 is 0 Å². The lowest BCUT2D eigenvalue weighted by atomic mass is 10.2. The Morgan fingerprint density at radius 1 is 1.06 bits per heavy atom. The molecule has 4 rings (SSSR count). The number of hydrogen-bond donors (Lipinski definition) is 2. The molecule has 0 spiro atoms. The van der Waals surface area contributed by atoms with E-state index in [9.17, 15) is 4.79 Å². The summed E-state index contributed by atoms with van der Waals surface area (Å²) in [6.45, 7) is 3.53. The average Bonchev–Trinajstić information content (AvgIpc) is 3.29. The number of para-hydroxylation sites is 2. The number of nitrogens with one attached hydrogen (secondary N) is 2. The lowest BCUT2D eigenvalue weighted by Gasteiger charge is -2.12. The summed E-state index contributed by atoms with van der Waals surface area (Å²) >= 11 is 1.62. The third kappa shape index (κ3) is 6.82. The molecule has 2 N–H and O–H groups in total. The number of pyridine rings is 1. The second kappa shape index (κ2) is 12.2. The fourth-order valence-corrected chi connectivity index (χ4v) is 4.26. The van der Waals surface area contributed by atoms with Crippen LogP contribution in [0, 0.1) is 6.92 Å². The summed E-state index contributed by atoms with van der Waals surface area (Å²) in [6.07, 6.45) is 2.46. The molecule has 0 aliphatic rings. The highest BCUT2D eigenvalue weighted by molar-refractivity contribution is 7.98. The number of thioether (sulfide) groups is 1. The molecule has 34 heavy (non-hydrogen) atoms. The SMILES string of the molecule is Cc1c(OCCCOCC(=O)NCc2ccccc2)ccnc1CSc1nc2ccccc2[nH]1. The number of amides is 1. The molecule has 176 valence electrons. The third-order valence-corrected chi connectivity index (χ3v) is 6.11. The van der Waals surface area contributed by atoms with Gasteiger partial charge in [-0.2, -0.15) is 0 Å². The molecule has 4 aromatic rings. The summed E-state index contributed by atoms with van der Waals surface area (Å²) in [4.78, 5) is 24.3. The van der Waals surface area contributed by atoms with Gasteiger partial charge in [-0.05, 0) is 30.7 Å². The molecule has 0 unspecified atom stereocenters. The Morgan fingerprint density at radius 2 is 1.88 bits per heavy atom. The Balaban J connectivity index is 1.15. The lowest BCUT2D eigenvalue weighted by molar-refractivity contribution is -0.125. The average molecular weight is 477 g/mol. The van der Waals surface area contributed by atoms with Crippen LogP contribution >= 0.6 is 11.8 Å². The molecule has 8 heteroatoms. The molecule has 0 aliphatic heterocycles. The number of nitrogens with zero attached hydrogens (tertiary/aromatic N) is 2. The van der Waals surface area contributed by atoms with Crippen LogP contribution in [0.15, 0.2) is 72.0 Å². The van der Waals surface area contributed by atoms with Crippen molar-refractivity contribution >= 4 is 28.7 Å². The van der Waals surface area contributed by atoms with E-state index in [-0.39, 0.29) is 12.5 Å². The predicted octanol–water partition coefficient (Wildman–Crippen LogP) is 4.66. The molecule has 0 bridgehead atoms. The topological polar surface area (TPSA) is 89.1 Å². The second-order valence-electron chi connectivity index (χ2n) is 7.75. The van der Waals surface area contributed by atoms with Crippen LogP contribution in [0.3, 0.4) is 0 Å². The van der Waals surface area contributed by atoms with Gasteiger partial charge in [-0.1, -0.05) is 54.2 Å². The van der Waals surface area contributed by atoms with Crippen LogP contribution in [-0.4, -0.2) is 40.7 Å². The van der Waals surface area contributed by atoms with Gasteiger partial charge in [0.15, 0.2) is 5.16 Å². The molecule has 0 aliphatic carbocycles. The summed E-state index contributed by atoms with van der Waals surface area (Å²) in [6, 6.07) is 19.7. The molecule has 2 aromatic carbocycles. The van der Waals surface area contributed by atoms with Crippen LogP contribution in [-0.2, 0) is 21.8 Å². The van der Waals surface area contributed by atoms with E-state index < -0.39 is 0 Å². The first-order valence-electron chi connectivity index (χ1n) is 11.2. The molecule has 1 amide bonds. The second-order valence-corrected chi connectivity index (χ2v) is 8.71. The molecular weight excluding hydrogens is 448 g/mol. The van der Waals surface area contributed by atoms with E-state index in [1.54, 1.807) is 18.0 Å². The maximum atomic E-state index is 11.9. The zero-order valence-corrected chi connectivity index (χ0v) is 19.9. The number of benzene rings is 2. The highest BCUT2D eigenvalue weighted by atomic mass is 32.2. The van der Waals surface area contributed by atoms with E-state index in [4.69, 9.17) is 9.47 Å². The zero-order chi connectivity index (χ0) is 23.6. The Hall–Kier alpha value is -3.36. The minimum absolute atomic E-state index is 0.0459. The number of H-pyrrole nitrogens is 1. The van der Waals surface area contributed by atoms with Gasteiger partial charge in [0.1, 0.15) is 12.4 Å². The summed E-state index contributed by atoms with van der Waals surface area (Å²) in [5.41, 5.74) is 5.04. The smallest absolute Gasteiger partial charge is 0.246 e. The van der Waals surface area contributed by atoms with Gasteiger partial charge in [-0.15, -0.1) is 0 Å². The number of aromatic amines is 1. The lowest BCUT2D eigenvalue weighted by Crippen LogP contribution is -2.27. The number of hydrogen-bond acceptors (Lipinski definition) is 6. The van der Waals surface area contributed by atoms with Crippen molar-refractivity contribution < 1.29 is 14.3 Å². The van der Waals surface area contributed by atoms with E-state index in [2.05, 4.69) is 20.3 Å². The Labute approximate surface area is 203 Å². The van der Waals surface area contributed by atoms with Crippen molar-refractivity contribution in [2.75, 3.05) is 19.8 Å². The highest BCUT2D eigenvalue weighted by Crippen LogP contribution is 2.27. The number of carbonyl (C=O) groups is 1. The van der Waals surface area contributed by atoms with Gasteiger partial charge < -0.3 is 19.8 Å². The van der Waals surface area contributed by atoms with Crippen molar-refractivity contribution in [1.29, 1.82) is 0 Å². The van der Waals surface area contributed by atoms with Crippen LogP contribution in [0.4, 0.5) is 0 Å². The maximum absolute atomic E-state index is 11.9. The number of imidazole rings is 1. The zero-order valence-electron chi connectivity index (χ0n) is 19.1. The Bertz CT molecular complexity index is 1180. The van der Waals surface area contributed by atoms with Crippen molar-refractivity contribution in [2.45, 2.75) is 30.8 Å². The number of fused-ring (bicyclic) bond motifs is 1. The van der Waals surface area contributed by atoms with Crippen LogP contribution < -0.4 is 10.1 Å². The van der Waals surface area contributed by atoms with Crippen molar-refractivity contribution in [3.05, 3.63) is 83.7 Å². The molecule has 0 fully saturated rings. The monoisotopic (exact) mass is 476 g/mol. The summed E-state index contributed by atoms with van der Waals surface area (Å²) in [7, 11) is 0. The van der Waals surface area contributed by atoms with Gasteiger partial charge in [0.2, 0.25) is 5.91 Å². The first-order valence-corrected chi connectivity index (χ1v) is 12.2. The largest absolute Gasteiger partial charge is 0.493 e. The van der Waals surface area contributed by atoms with Gasteiger partial charge in [0.05, 0.1) is 29.9 Å². The van der Waals surface area contributed by atoms with Crippen molar-refractivity contribution in [1.82, 2.24) is 20.3 Å². The number of carbonyl (C=O) groups excluding carboxylic acids is 1. The standard InChI is InChI=1S/C26H28N4O3S/c1-19-23(18-34-26-29-21-10-5-6-11-22(21)30-26)27-13-12-24(19)33-15-7-14-32-17-25(31)28-16-20-8-3-2-4-9-20/h2-6,8-13H,7,14-18H2,1H3,(H,28,31)(H,29,30). The van der Waals surface area contributed by atoms with E-state index in [0.29, 0.717) is 31.9 Å². The molecule has 0 saturated carbocycles. The van der Waals surface area contributed by atoms with Crippen LogP contribution in [0.1, 0.15) is 23.2 Å². The van der Waals surface area contributed by atoms with Crippen molar-refractivity contribution in [2.24, 2.45) is 0 Å². The van der Waals surface area contributed by atoms with Crippen molar-refractivity contribution in [3.63, 3.8) is 0 Å². The Kier molecular flexibility index (Phi) is 8.54. The summed E-state index contributed by atoms with van der Waals surface area (Å²) in [5.74, 6) is 1.39. The van der Waals surface area contributed by atoms with E-state index in [0.717, 1.165) is 38.8 Å². The molecule has 0 saturated heterocycles. The molecular formula is C26H28N4O3S. The van der Waals surface area contributed by atoms with Crippen LogP contribution in [0.25, 0.3) is 11.0 Å². The quantitative estimate of drug-likeness (QED) is 0.228. The fourth-order valence-electron chi connectivity index (χ4n) is 3.35. The number of rotatable bonds is 12. The predicted molar refractivity (Wildman–Crippen MR) is 134 cm³/mol. The van der Waals surface area contributed by atoms with Crippen LogP contribution in [0.2, 0.25) is 0 Å². The highest BCUT2D eigenvalue weighted by Gasteiger charge is 2.10. The molecule has 0 radical (unpaired) electrons. The molecule has 2 aromatic heterocycles. The normalized spacial score (nSPS) is 11.0. The summed E-state index contributed by atoms with van der Waals surface area (Å²) < 4.78 is 11.4. The van der Waals surface area contributed by atoms with Crippen molar-refractivity contribution in [3.8, 4) is 5.75 Å². The summed E-state index contributed by atoms with van der Waals surface area (Å²) in [5, 5.41) is 3.72. The number of aromatic nitrogens is 3. The molecule has 7 nitrogen and oxygen atoms in total. The van der Waals surface area contributed by atoms with E-state index in [1.165, 1.54) is 0 Å². The van der Waals surface area contributed by atoms with E-state index in [1.807, 2.05) is 67.6 Å². The first-order chi connectivity index (χ1) is 16.7. The minimum Gasteiger partial charge on any atom is -0.493 e. The third-order valence-electron chi connectivity index (χ3n) is 5.23. The maximum Gasteiger partial charge on any atom is 0.246 e. The fraction of sp³-hybridized carbons (Fsp3) is 0.269. The van der Waals surface area contributed by atoms with Crippen LogP contribution in [0.5, 0.6) is 5.75 Å².